The number of H-pyrrole nitrogens is 1. The van der Waals surface area contributed by atoms with Crippen LogP contribution in [0.25, 0.3) is 11.2 Å². The summed E-state index contributed by atoms with van der Waals surface area (Å²) in [7, 11) is 0. The lowest BCUT2D eigenvalue weighted by molar-refractivity contribution is 0.574. The van der Waals surface area contributed by atoms with Crippen molar-refractivity contribution in [1.29, 1.82) is 5.26 Å². The first kappa shape index (κ1) is 13.4. The zero-order valence-electron chi connectivity index (χ0n) is 10.3. The van der Waals surface area contributed by atoms with Gasteiger partial charge >= 0.3 is 5.69 Å². The number of aryl methyl sites for hydroxylation is 1. The lowest BCUT2D eigenvalue weighted by Gasteiger charge is -2.08. The predicted octanol–water partition coefficient (Wildman–Crippen LogP) is 0.863. The lowest BCUT2D eigenvalue weighted by Crippen LogP contribution is -2.40. The van der Waals surface area contributed by atoms with E-state index in [1.807, 2.05) is 6.92 Å². The van der Waals surface area contributed by atoms with Gasteiger partial charge < -0.3 is 4.98 Å². The van der Waals surface area contributed by atoms with Crippen molar-refractivity contribution in [1.82, 2.24) is 19.1 Å². The van der Waals surface area contributed by atoms with Gasteiger partial charge in [0, 0.05) is 6.54 Å². The summed E-state index contributed by atoms with van der Waals surface area (Å²) in [6.07, 6.45) is 1.66. The molecular weight excluding hydrogens is 270 g/mol. The SMILES string of the molecule is CCCCn1c(=O)n(CC#N)c(=O)c2[nH]c(Cl)nc21. The Hall–Kier alpha value is -2.07. The molecule has 2 rings (SSSR count). The van der Waals surface area contributed by atoms with Crippen LogP contribution in [0.5, 0.6) is 0 Å². The number of nitriles is 1. The summed E-state index contributed by atoms with van der Waals surface area (Å²) in [5, 5.41) is 8.75. The largest absolute Gasteiger partial charge is 0.333 e. The number of hydrogen-bond acceptors (Lipinski definition) is 4. The van der Waals surface area contributed by atoms with E-state index < -0.39 is 11.2 Å². The normalized spacial score (nSPS) is 10.8. The summed E-state index contributed by atoms with van der Waals surface area (Å²) >= 11 is 5.75. The average Bonchev–Trinajstić information content (AvgIpc) is 2.76. The molecule has 100 valence electrons. The van der Waals surface area contributed by atoms with Gasteiger partial charge in [0.2, 0.25) is 5.28 Å². The summed E-state index contributed by atoms with van der Waals surface area (Å²) in [5.74, 6) is 0. The third kappa shape index (κ3) is 2.27. The van der Waals surface area contributed by atoms with Gasteiger partial charge in [0.25, 0.3) is 5.56 Å². The van der Waals surface area contributed by atoms with Gasteiger partial charge in [0.05, 0.1) is 6.07 Å². The van der Waals surface area contributed by atoms with E-state index in [1.165, 1.54) is 4.57 Å². The van der Waals surface area contributed by atoms with E-state index >= 15 is 0 Å². The number of aromatic nitrogens is 4. The van der Waals surface area contributed by atoms with Crippen molar-refractivity contribution in [3.8, 4) is 6.07 Å². The Kier molecular flexibility index (Phi) is 3.71. The standard InChI is InChI=1S/C11H12ClN5O2/c1-2-3-5-16-8-7(14-10(12)15-8)9(18)17(6-4-13)11(16)19/h2-3,5-6H2,1H3,(H,14,15). The van der Waals surface area contributed by atoms with Crippen LogP contribution < -0.4 is 11.2 Å². The van der Waals surface area contributed by atoms with Gasteiger partial charge in [0.15, 0.2) is 11.2 Å². The molecule has 7 nitrogen and oxygen atoms in total. The minimum atomic E-state index is -0.575. The topological polar surface area (TPSA) is 96.5 Å². The highest BCUT2D eigenvalue weighted by Gasteiger charge is 2.16. The van der Waals surface area contributed by atoms with Crippen LogP contribution in [-0.2, 0) is 13.1 Å². The van der Waals surface area contributed by atoms with E-state index in [4.69, 9.17) is 16.9 Å². The third-order valence-electron chi connectivity index (χ3n) is 2.80. The molecule has 8 heteroatoms. The van der Waals surface area contributed by atoms with Crippen LogP contribution in [0.15, 0.2) is 9.59 Å². The minimum Gasteiger partial charge on any atom is -0.323 e. The molecule has 0 aromatic carbocycles. The Morgan fingerprint density at radius 1 is 1.42 bits per heavy atom. The average molecular weight is 282 g/mol. The monoisotopic (exact) mass is 281 g/mol. The van der Waals surface area contributed by atoms with Gasteiger partial charge in [-0.15, -0.1) is 0 Å². The molecule has 2 aromatic heterocycles. The molecule has 0 spiro atoms. The van der Waals surface area contributed by atoms with E-state index in [0.717, 1.165) is 17.4 Å². The van der Waals surface area contributed by atoms with Crippen LogP contribution in [0.3, 0.4) is 0 Å². The number of fused-ring (bicyclic) bond motifs is 1. The van der Waals surface area contributed by atoms with Crippen molar-refractivity contribution < 1.29 is 0 Å². The summed E-state index contributed by atoms with van der Waals surface area (Å²) in [6, 6.07) is 1.80. The van der Waals surface area contributed by atoms with Gasteiger partial charge in [0.1, 0.15) is 6.54 Å². The Morgan fingerprint density at radius 3 is 2.79 bits per heavy atom. The summed E-state index contributed by atoms with van der Waals surface area (Å²) in [6.45, 7) is 2.13. The fourth-order valence-electron chi connectivity index (χ4n) is 1.87. The molecule has 0 aliphatic rings. The highest BCUT2D eigenvalue weighted by atomic mass is 35.5. The number of halogens is 1. The molecule has 0 radical (unpaired) electrons. The van der Waals surface area contributed by atoms with Gasteiger partial charge in [-0.25, -0.2) is 9.36 Å². The van der Waals surface area contributed by atoms with Gasteiger partial charge in [-0.2, -0.15) is 10.2 Å². The van der Waals surface area contributed by atoms with Gasteiger partial charge in [-0.1, -0.05) is 13.3 Å². The first-order chi connectivity index (χ1) is 9.10. The predicted molar refractivity (Wildman–Crippen MR) is 70.1 cm³/mol. The number of nitrogens with one attached hydrogen (secondary N) is 1. The van der Waals surface area contributed by atoms with E-state index in [2.05, 4.69) is 9.97 Å². The second kappa shape index (κ2) is 5.28. The van der Waals surface area contributed by atoms with E-state index in [0.29, 0.717) is 6.54 Å². The molecule has 0 unspecified atom stereocenters. The molecule has 0 saturated heterocycles. The van der Waals surface area contributed by atoms with Gasteiger partial charge in [-0.05, 0) is 18.0 Å². The Morgan fingerprint density at radius 2 is 2.16 bits per heavy atom. The number of aromatic amines is 1. The van der Waals surface area contributed by atoms with Crippen LogP contribution in [0.1, 0.15) is 19.8 Å². The molecular formula is C11H12ClN5O2. The fourth-order valence-corrected chi connectivity index (χ4v) is 2.04. The zero-order chi connectivity index (χ0) is 14.0. The van der Waals surface area contributed by atoms with Crippen LogP contribution in [0.2, 0.25) is 5.28 Å². The lowest BCUT2D eigenvalue weighted by atomic mass is 10.3. The smallest absolute Gasteiger partial charge is 0.323 e. The van der Waals surface area contributed by atoms with E-state index in [1.54, 1.807) is 6.07 Å². The van der Waals surface area contributed by atoms with Crippen molar-refractivity contribution in [3.05, 3.63) is 26.1 Å². The van der Waals surface area contributed by atoms with Crippen LogP contribution in [0.4, 0.5) is 0 Å². The highest BCUT2D eigenvalue weighted by molar-refractivity contribution is 6.28. The Labute approximate surface area is 113 Å². The zero-order valence-corrected chi connectivity index (χ0v) is 11.1. The number of imidazole rings is 1. The fraction of sp³-hybridized carbons (Fsp3) is 0.455. The van der Waals surface area contributed by atoms with E-state index in [9.17, 15) is 9.59 Å². The molecule has 0 fully saturated rings. The Bertz CT molecular complexity index is 764. The molecule has 0 bridgehead atoms. The molecule has 0 amide bonds. The van der Waals surface area contributed by atoms with E-state index in [-0.39, 0.29) is 23.0 Å². The molecule has 2 heterocycles. The van der Waals surface area contributed by atoms with Crippen molar-refractivity contribution in [3.63, 3.8) is 0 Å². The maximum Gasteiger partial charge on any atom is 0.333 e. The summed E-state index contributed by atoms with van der Waals surface area (Å²) < 4.78 is 2.26. The third-order valence-corrected chi connectivity index (χ3v) is 2.98. The molecule has 0 aliphatic heterocycles. The number of hydrogen-bond donors (Lipinski definition) is 1. The minimum absolute atomic E-state index is 0.0476. The van der Waals surface area contributed by atoms with Gasteiger partial charge in [-0.3, -0.25) is 9.36 Å². The summed E-state index contributed by atoms with van der Waals surface area (Å²) in [5.41, 5.74) is -0.719. The van der Waals surface area contributed by atoms with Crippen LogP contribution in [-0.4, -0.2) is 19.1 Å². The highest BCUT2D eigenvalue weighted by Crippen LogP contribution is 2.10. The van der Waals surface area contributed by atoms with Crippen molar-refractivity contribution in [2.45, 2.75) is 32.9 Å². The van der Waals surface area contributed by atoms with Crippen molar-refractivity contribution >= 4 is 22.8 Å². The maximum atomic E-state index is 12.2. The summed E-state index contributed by atoms with van der Waals surface area (Å²) in [4.78, 5) is 30.8. The molecule has 1 N–H and O–H groups in total. The first-order valence-electron chi connectivity index (χ1n) is 5.86. The molecule has 19 heavy (non-hydrogen) atoms. The second-order valence-electron chi connectivity index (χ2n) is 4.06. The molecule has 0 saturated carbocycles. The molecule has 0 atom stereocenters. The van der Waals surface area contributed by atoms with Crippen LogP contribution in [0, 0.1) is 11.3 Å². The number of nitrogens with zero attached hydrogens (tertiary/aromatic N) is 4. The quantitative estimate of drug-likeness (QED) is 0.841. The first-order valence-corrected chi connectivity index (χ1v) is 6.23. The number of unbranched alkanes of at least 4 members (excludes halogenated alkanes) is 1. The van der Waals surface area contributed by atoms with Crippen molar-refractivity contribution in [2.24, 2.45) is 0 Å². The molecule has 0 aliphatic carbocycles. The number of rotatable bonds is 4. The maximum absolute atomic E-state index is 12.2. The Balaban J connectivity index is 2.80. The molecule has 2 aromatic rings. The second-order valence-corrected chi connectivity index (χ2v) is 4.42. The van der Waals surface area contributed by atoms with Crippen molar-refractivity contribution in [2.75, 3.05) is 0 Å². The van der Waals surface area contributed by atoms with Crippen LogP contribution >= 0.6 is 11.6 Å².